The Morgan fingerprint density at radius 2 is 2.18 bits per heavy atom. The first kappa shape index (κ1) is 9.01. The van der Waals surface area contributed by atoms with Crippen LogP contribution in [0.15, 0.2) is 11.6 Å². The van der Waals surface area contributed by atoms with Crippen LogP contribution in [0.4, 0.5) is 0 Å². The van der Waals surface area contributed by atoms with E-state index in [1.165, 1.54) is 31.3 Å². The zero-order valence-corrected chi connectivity index (χ0v) is 9.81. The average molecular weight is 170 g/mol. The van der Waals surface area contributed by atoms with Crippen molar-refractivity contribution in [2.75, 3.05) is 0 Å². The summed E-state index contributed by atoms with van der Waals surface area (Å²) in [6.07, 6.45) is 7.57. The molecule has 11 heavy (non-hydrogen) atoms. The molecule has 0 radical (unpaired) electrons. The van der Waals surface area contributed by atoms with E-state index in [0.717, 1.165) is 10.5 Å². The molecular weight excluding hydrogens is 152 g/mol. The molecule has 1 rings (SSSR count). The second-order valence-corrected chi connectivity index (χ2v) is 4.10. The molecule has 0 aromatic carbocycles. The Hall–Kier alpha value is -0.0831. The van der Waals surface area contributed by atoms with Gasteiger partial charge in [-0.1, -0.05) is 6.08 Å². The van der Waals surface area contributed by atoms with E-state index < -0.39 is 0 Å². The van der Waals surface area contributed by atoms with E-state index in [2.05, 4.69) is 19.9 Å². The molecule has 0 unspecified atom stereocenters. The van der Waals surface area contributed by atoms with Gasteiger partial charge in [-0.05, 0) is 45.1 Å². The standard InChI is InChI=1S/C9H18OSi/c1-9(2,10-11)8-6-4-3-5-7-8/h6H,3-5,7H2,1-2,11H3. The van der Waals surface area contributed by atoms with E-state index in [0.29, 0.717) is 0 Å². The van der Waals surface area contributed by atoms with Gasteiger partial charge >= 0.3 is 0 Å². The number of hydrogen-bond acceptors (Lipinski definition) is 1. The molecule has 0 N–H and O–H groups in total. The van der Waals surface area contributed by atoms with Crippen molar-refractivity contribution in [3.63, 3.8) is 0 Å². The van der Waals surface area contributed by atoms with Gasteiger partial charge < -0.3 is 4.43 Å². The van der Waals surface area contributed by atoms with Crippen LogP contribution in [0.25, 0.3) is 0 Å². The van der Waals surface area contributed by atoms with Crippen molar-refractivity contribution in [1.29, 1.82) is 0 Å². The van der Waals surface area contributed by atoms with Gasteiger partial charge in [0, 0.05) is 0 Å². The van der Waals surface area contributed by atoms with Crippen LogP contribution >= 0.6 is 0 Å². The Bertz CT molecular complexity index is 161. The van der Waals surface area contributed by atoms with Crippen molar-refractivity contribution in [3.8, 4) is 0 Å². The lowest BCUT2D eigenvalue weighted by molar-refractivity contribution is 0.158. The highest BCUT2D eigenvalue weighted by molar-refractivity contribution is 5.98. The molecule has 1 nitrogen and oxygen atoms in total. The van der Waals surface area contributed by atoms with Gasteiger partial charge in [-0.3, -0.25) is 0 Å². The lowest BCUT2D eigenvalue weighted by atomic mass is 9.88. The highest BCUT2D eigenvalue weighted by atomic mass is 28.2. The fraction of sp³-hybridized carbons (Fsp3) is 0.778. The normalized spacial score (nSPS) is 20.0. The first-order chi connectivity index (χ1) is 5.17. The highest BCUT2D eigenvalue weighted by Crippen LogP contribution is 2.28. The molecule has 0 saturated carbocycles. The largest absolute Gasteiger partial charge is 0.419 e. The Labute approximate surface area is 72.4 Å². The van der Waals surface area contributed by atoms with E-state index in [9.17, 15) is 0 Å². The fourth-order valence-corrected chi connectivity index (χ4v) is 1.78. The quantitative estimate of drug-likeness (QED) is 0.451. The first-order valence-corrected chi connectivity index (χ1v) is 5.23. The Kier molecular flexibility index (Phi) is 2.90. The summed E-state index contributed by atoms with van der Waals surface area (Å²) >= 11 is 0. The average Bonchev–Trinajstić information content (AvgIpc) is 2.06. The van der Waals surface area contributed by atoms with Crippen molar-refractivity contribution in [3.05, 3.63) is 11.6 Å². The molecule has 0 atom stereocenters. The van der Waals surface area contributed by atoms with E-state index in [-0.39, 0.29) is 5.60 Å². The summed E-state index contributed by atoms with van der Waals surface area (Å²) in [5.41, 5.74) is 1.55. The van der Waals surface area contributed by atoms with Crippen LogP contribution in [0.3, 0.4) is 0 Å². The van der Waals surface area contributed by atoms with E-state index in [1.807, 2.05) is 0 Å². The lowest BCUT2D eigenvalue weighted by Crippen LogP contribution is -2.27. The molecule has 0 aliphatic heterocycles. The molecule has 0 bridgehead atoms. The van der Waals surface area contributed by atoms with Crippen LogP contribution in [0.2, 0.25) is 0 Å². The third-order valence-corrected chi connectivity index (χ3v) is 3.60. The summed E-state index contributed by atoms with van der Waals surface area (Å²) in [5.74, 6) is 0. The van der Waals surface area contributed by atoms with Gasteiger partial charge in [0.25, 0.3) is 0 Å². The number of rotatable bonds is 2. The minimum atomic E-state index is 0.0344. The van der Waals surface area contributed by atoms with Gasteiger partial charge in [-0.25, -0.2) is 0 Å². The fourth-order valence-electron chi connectivity index (χ4n) is 1.52. The van der Waals surface area contributed by atoms with E-state index in [1.54, 1.807) is 0 Å². The van der Waals surface area contributed by atoms with Crippen molar-refractivity contribution in [2.45, 2.75) is 45.1 Å². The zero-order chi connectivity index (χ0) is 8.32. The molecule has 0 heterocycles. The number of allylic oxidation sites excluding steroid dienone is 1. The zero-order valence-electron chi connectivity index (χ0n) is 7.81. The first-order valence-electron chi connectivity index (χ1n) is 4.41. The van der Waals surface area contributed by atoms with Crippen LogP contribution in [-0.4, -0.2) is 16.1 Å². The van der Waals surface area contributed by atoms with Crippen LogP contribution in [0, 0.1) is 0 Å². The molecule has 0 saturated heterocycles. The third-order valence-electron chi connectivity index (χ3n) is 2.57. The van der Waals surface area contributed by atoms with Crippen LogP contribution in [0.1, 0.15) is 39.5 Å². The van der Waals surface area contributed by atoms with Gasteiger partial charge in [0.1, 0.15) is 10.5 Å². The van der Waals surface area contributed by atoms with Crippen molar-refractivity contribution in [2.24, 2.45) is 0 Å². The molecule has 0 aromatic heterocycles. The third kappa shape index (κ3) is 2.17. The number of hydrogen-bond donors (Lipinski definition) is 0. The van der Waals surface area contributed by atoms with Gasteiger partial charge in [-0.2, -0.15) is 0 Å². The predicted octanol–water partition coefficient (Wildman–Crippen LogP) is 1.56. The summed E-state index contributed by atoms with van der Waals surface area (Å²) in [5, 5.41) is 0. The van der Waals surface area contributed by atoms with E-state index in [4.69, 9.17) is 4.43 Å². The minimum absolute atomic E-state index is 0.0344. The summed E-state index contributed by atoms with van der Waals surface area (Å²) in [7, 11) is 0.840. The molecule has 0 aromatic rings. The monoisotopic (exact) mass is 170 g/mol. The Morgan fingerprint density at radius 1 is 1.45 bits per heavy atom. The summed E-state index contributed by atoms with van der Waals surface area (Å²) in [4.78, 5) is 0. The van der Waals surface area contributed by atoms with Gasteiger partial charge in [0.05, 0.1) is 5.60 Å². The van der Waals surface area contributed by atoms with E-state index >= 15 is 0 Å². The summed E-state index contributed by atoms with van der Waals surface area (Å²) < 4.78 is 5.55. The predicted molar refractivity (Wildman–Crippen MR) is 51.7 cm³/mol. The maximum absolute atomic E-state index is 5.55. The topological polar surface area (TPSA) is 9.23 Å². The summed E-state index contributed by atoms with van der Waals surface area (Å²) in [6.45, 7) is 4.36. The molecule has 1 aliphatic rings. The van der Waals surface area contributed by atoms with Crippen molar-refractivity contribution >= 4 is 10.5 Å². The molecule has 0 amide bonds. The molecule has 2 heteroatoms. The lowest BCUT2D eigenvalue weighted by Gasteiger charge is -2.29. The molecule has 0 fully saturated rings. The van der Waals surface area contributed by atoms with Crippen LogP contribution < -0.4 is 0 Å². The Balaban J connectivity index is 2.64. The van der Waals surface area contributed by atoms with Crippen LogP contribution in [0.5, 0.6) is 0 Å². The summed E-state index contributed by atoms with van der Waals surface area (Å²) in [6, 6.07) is 0. The van der Waals surface area contributed by atoms with Crippen molar-refractivity contribution in [1.82, 2.24) is 0 Å². The van der Waals surface area contributed by atoms with Gasteiger partial charge in [0.2, 0.25) is 0 Å². The second-order valence-electron chi connectivity index (χ2n) is 3.69. The van der Waals surface area contributed by atoms with Crippen molar-refractivity contribution < 1.29 is 4.43 Å². The highest BCUT2D eigenvalue weighted by Gasteiger charge is 2.22. The maximum atomic E-state index is 5.55. The molecule has 1 aliphatic carbocycles. The molecule has 0 spiro atoms. The van der Waals surface area contributed by atoms with Gasteiger partial charge in [-0.15, -0.1) is 0 Å². The smallest absolute Gasteiger partial charge is 0.147 e. The Morgan fingerprint density at radius 3 is 2.64 bits per heavy atom. The molecule has 64 valence electrons. The SMILES string of the molecule is CC(C)(O[SiH3])C1=CCCCC1. The van der Waals surface area contributed by atoms with Gasteiger partial charge in [0.15, 0.2) is 0 Å². The second kappa shape index (κ2) is 3.54. The maximum Gasteiger partial charge on any atom is 0.147 e. The minimum Gasteiger partial charge on any atom is -0.419 e. The molecular formula is C9H18OSi. The van der Waals surface area contributed by atoms with Crippen LogP contribution in [-0.2, 0) is 4.43 Å².